The van der Waals surface area contributed by atoms with Crippen molar-refractivity contribution in [2.45, 2.75) is 328 Å². The summed E-state index contributed by atoms with van der Waals surface area (Å²) in [7, 11) is -7.14. The first-order valence-electron chi connectivity index (χ1n) is 36.4. The number of carbonyl (C=O) groups excluding carboxylic acids is 1. The van der Waals surface area contributed by atoms with E-state index in [0.29, 0.717) is 50.4 Å². The second-order valence-electron chi connectivity index (χ2n) is 33.4. The van der Waals surface area contributed by atoms with E-state index in [2.05, 4.69) is 166 Å². The lowest BCUT2D eigenvalue weighted by Gasteiger charge is -2.53. The smallest absolute Gasteiger partial charge is 0.448 e. The van der Waals surface area contributed by atoms with Crippen LogP contribution in [0.2, 0.25) is 106 Å². The van der Waals surface area contributed by atoms with Crippen LogP contribution >= 0.6 is 7.82 Å². The number of phosphoric acid groups is 1. The molecular weight excluding hydrogens is 1310 g/mol. The third kappa shape index (κ3) is 23.3. The molecule has 2 N–H and O–H groups in total. The molecule has 3 aliphatic heterocycles. The maximum Gasteiger partial charge on any atom is 0.475 e. The van der Waals surface area contributed by atoms with Crippen LogP contribution < -0.4 is 5.32 Å². The summed E-state index contributed by atoms with van der Waals surface area (Å²) in [4.78, 5) is 22.0. The summed E-state index contributed by atoms with van der Waals surface area (Å²) in [6, 6.07) is 6.84. The lowest BCUT2D eigenvalue weighted by Crippen LogP contribution is -2.61. The average Bonchev–Trinajstić information content (AvgIpc) is 1.57. The van der Waals surface area contributed by atoms with Crippen molar-refractivity contribution in [1.29, 1.82) is 0 Å². The number of carbonyl (C=O) groups is 1. The molecule has 1 aromatic rings. The summed E-state index contributed by atoms with van der Waals surface area (Å²) >= 11 is 0. The zero-order chi connectivity index (χ0) is 72.1. The summed E-state index contributed by atoms with van der Waals surface area (Å²) in [6.45, 7) is 55.7. The van der Waals surface area contributed by atoms with Crippen LogP contribution in [0.25, 0.3) is 6.08 Å². The summed E-state index contributed by atoms with van der Waals surface area (Å²) in [5, 5.41) is 13.6. The number of hydrogen-bond donors (Lipinski definition) is 2. The molecule has 0 aromatic carbocycles. The van der Waals surface area contributed by atoms with Gasteiger partial charge >= 0.3 is 7.82 Å². The Balaban J connectivity index is 1.76. The molecule has 1 spiro atoms. The number of ether oxygens (including phenoxy) is 6. The number of aromatic nitrogens is 1. The quantitative estimate of drug-likeness (QED) is 0.0462. The zero-order valence-corrected chi connectivity index (χ0v) is 71.1. The molecule has 0 aliphatic carbocycles. The van der Waals surface area contributed by atoms with Gasteiger partial charge in [0.1, 0.15) is 24.2 Å². The van der Waals surface area contributed by atoms with Gasteiger partial charge in [-0.25, -0.2) is 9.55 Å². The minimum absolute atomic E-state index is 0.0400. The summed E-state index contributed by atoms with van der Waals surface area (Å²) < 4.78 is 105. The molecule has 3 saturated heterocycles. The van der Waals surface area contributed by atoms with Crippen LogP contribution in [-0.4, -0.2) is 196 Å². The summed E-state index contributed by atoms with van der Waals surface area (Å²) in [5.41, 5.74) is -0.366. The number of aliphatic hydroxyl groups is 1. The molecule has 0 unspecified atom stereocenters. The number of nitrogens with one attached hydrogen (secondary N) is 1. The van der Waals surface area contributed by atoms with E-state index in [0.717, 1.165) is 48.4 Å². The summed E-state index contributed by atoms with van der Waals surface area (Å²) in [5.74, 6) is -2.41. The second-order valence-corrected chi connectivity index (χ2v) is 60.5. The van der Waals surface area contributed by atoms with E-state index in [-0.39, 0.29) is 78.8 Å². The standard InChI is InChI=1S/C70H140N3O16PSi5/c1-30-94(31-2,32-3)88-61(55(49-77-20)73(18)19)63(89-95(33-4,34-5)35-6)65(75)71-40-39-50(7)66-72-54(48-79-66)37-36-38-56-52(9)59(87-93(28,29)67(11,12)13)46-70(83-56)68(14,15)64(86-90(76,80-41-43-91(22,23)24)81-42-44-92(25,26)27)62(85-70)58(78-21)45-57-53(10)60(51(8)47-74)84-69(16,17)82-57/h36-37,48,50-53,55-64,74H,30-35,38-47,49H2,1-29H3,(H,71,75)/b37-36+/t50-,51+,52+,53-,55-,56-,57-,58-,59+,60+,61-,62+,63-,64-,70+/m0/s1. The number of nitrogens with zero attached hydrogens (tertiary/aromatic N) is 2. The van der Waals surface area contributed by atoms with Crippen LogP contribution in [0.5, 0.6) is 0 Å². The first-order chi connectivity index (χ1) is 43.9. The molecule has 0 saturated carbocycles. The SMILES string of the molecule is CC[Si](CC)(CC)O[C@H]([C@H](O[Si](CC)(CC)CC)C(=O)NCC[C@H](C)c1nc(/C=C/C[C@@H]2O[C@]3(C[C@@H](O[Si](C)(C)C(C)(C)C)[C@@H]2C)O[C@H]([C@H](C[C@@H]2OC(C)(C)O[C@H]([C@H](C)CO)[C@H]2C)OC)[C@H](OP(=O)(OCC[Si](C)(C)C)OCC[Si](C)(C)C)C3(C)C)co1)[C@H](COC)N(C)C. The molecule has 556 valence electrons. The average molecular weight is 1450 g/mol. The fourth-order valence-electron chi connectivity index (χ4n) is 13.4. The molecule has 3 aliphatic rings. The molecular formula is C70H140N3O16PSi5. The molecule has 3 fully saturated rings. The van der Waals surface area contributed by atoms with Crippen molar-refractivity contribution in [2.24, 2.45) is 23.2 Å². The number of amides is 1. The van der Waals surface area contributed by atoms with Gasteiger partial charge in [0.05, 0.1) is 62.5 Å². The van der Waals surface area contributed by atoms with Crippen molar-refractivity contribution >= 4 is 60.9 Å². The number of hydrogen-bond acceptors (Lipinski definition) is 18. The molecule has 0 bridgehead atoms. The lowest BCUT2D eigenvalue weighted by atomic mass is 9.72. The van der Waals surface area contributed by atoms with Gasteiger partial charge in [0.15, 0.2) is 48.5 Å². The van der Waals surface area contributed by atoms with Gasteiger partial charge in [-0.1, -0.05) is 149 Å². The minimum Gasteiger partial charge on any atom is -0.448 e. The summed E-state index contributed by atoms with van der Waals surface area (Å²) in [6.07, 6.45) is 2.30. The number of likely N-dealkylation sites (N-methyl/N-ethyl adjacent to an activating group) is 1. The Morgan fingerprint density at radius 3 is 1.86 bits per heavy atom. The van der Waals surface area contributed by atoms with E-state index in [1.165, 1.54) is 0 Å². The van der Waals surface area contributed by atoms with E-state index in [4.69, 9.17) is 64.7 Å². The van der Waals surface area contributed by atoms with Crippen LogP contribution in [0.1, 0.15) is 161 Å². The Labute approximate surface area is 583 Å². The molecule has 4 heterocycles. The van der Waals surface area contributed by atoms with Gasteiger partial charge < -0.3 is 61.4 Å². The highest BCUT2D eigenvalue weighted by atomic mass is 31.2. The third-order valence-corrected chi connectivity index (χ3v) is 40.7. The van der Waals surface area contributed by atoms with Gasteiger partial charge in [-0.05, 0) is 113 Å². The molecule has 95 heavy (non-hydrogen) atoms. The maximum atomic E-state index is 15.6. The topological polar surface area (TPSA) is 206 Å². The van der Waals surface area contributed by atoms with Gasteiger partial charge in [-0.2, -0.15) is 0 Å². The third-order valence-electron chi connectivity index (χ3n) is 22.0. The first kappa shape index (κ1) is 86.6. The van der Waals surface area contributed by atoms with Crippen molar-refractivity contribution in [3.63, 3.8) is 0 Å². The van der Waals surface area contributed by atoms with E-state index in [1.807, 2.05) is 40.9 Å². The molecule has 0 radical (unpaired) electrons. The Kier molecular flexibility index (Phi) is 32.9. The largest absolute Gasteiger partial charge is 0.475 e. The van der Waals surface area contributed by atoms with Gasteiger partial charge in [-0.3, -0.25) is 18.4 Å². The van der Waals surface area contributed by atoms with Gasteiger partial charge in [0.2, 0.25) is 0 Å². The minimum atomic E-state index is -4.29. The zero-order valence-electron chi connectivity index (χ0n) is 65.2. The maximum absolute atomic E-state index is 15.6. The van der Waals surface area contributed by atoms with Crippen LogP contribution in [-0.2, 0) is 64.6 Å². The van der Waals surface area contributed by atoms with Gasteiger partial charge in [0.25, 0.3) is 5.91 Å². The Bertz CT molecular complexity index is 2500. The highest BCUT2D eigenvalue weighted by molar-refractivity contribution is 7.48. The van der Waals surface area contributed by atoms with Crippen LogP contribution in [0.3, 0.4) is 0 Å². The van der Waals surface area contributed by atoms with E-state index in [9.17, 15) is 9.90 Å². The van der Waals surface area contributed by atoms with Gasteiger partial charge in [-0.15, -0.1) is 0 Å². The van der Waals surface area contributed by atoms with Crippen molar-refractivity contribution in [3.8, 4) is 0 Å². The van der Waals surface area contributed by atoms with Crippen LogP contribution in [0, 0.1) is 23.2 Å². The predicted molar refractivity (Wildman–Crippen MR) is 397 cm³/mol. The fourth-order valence-corrected chi connectivity index (χ4v) is 23.7. The Hall–Kier alpha value is -0.826. The molecule has 4 rings (SSSR count). The van der Waals surface area contributed by atoms with Crippen molar-refractivity contribution in [1.82, 2.24) is 15.2 Å². The monoisotopic (exact) mass is 1450 g/mol. The van der Waals surface area contributed by atoms with Crippen molar-refractivity contribution in [3.05, 3.63) is 23.9 Å². The van der Waals surface area contributed by atoms with Crippen LogP contribution in [0.4, 0.5) is 0 Å². The fraction of sp³-hybridized carbons (Fsp3) is 0.914. The normalized spacial score (nSPS) is 26.9. The number of aliphatic hydroxyl groups excluding tert-OH is 1. The van der Waals surface area contributed by atoms with E-state index >= 15 is 4.57 Å². The molecule has 1 aromatic heterocycles. The number of oxazole rings is 1. The van der Waals surface area contributed by atoms with Crippen molar-refractivity contribution in [2.75, 3.05) is 61.3 Å². The predicted octanol–water partition coefficient (Wildman–Crippen LogP) is 16.4. The second kappa shape index (κ2) is 36.1. The van der Waals surface area contributed by atoms with E-state index in [1.54, 1.807) is 20.5 Å². The molecule has 19 nitrogen and oxygen atoms in total. The Morgan fingerprint density at radius 1 is 0.811 bits per heavy atom. The highest BCUT2D eigenvalue weighted by Gasteiger charge is 2.69. The lowest BCUT2D eigenvalue weighted by molar-refractivity contribution is -0.341. The molecule has 15 atom stereocenters. The first-order valence-corrected chi connectivity index (χ1v) is 53.2. The number of rotatable bonds is 41. The number of methoxy groups -OCH3 is 2. The molecule has 25 heteroatoms. The van der Waals surface area contributed by atoms with E-state index < -0.39 is 103 Å². The Morgan fingerprint density at radius 2 is 1.37 bits per heavy atom. The highest BCUT2D eigenvalue weighted by Crippen LogP contribution is 2.62. The van der Waals surface area contributed by atoms with Gasteiger partial charge in [0, 0.05) is 85.4 Å². The number of phosphoric ester groups is 1. The van der Waals surface area contributed by atoms with Crippen molar-refractivity contribution < 1.29 is 74.2 Å². The molecule has 1 amide bonds. The van der Waals surface area contributed by atoms with Crippen LogP contribution in [0.15, 0.2) is 16.8 Å².